The summed E-state index contributed by atoms with van der Waals surface area (Å²) in [7, 11) is 0. The largest absolute Gasteiger partial charge is 0.417 e. The predicted molar refractivity (Wildman–Crippen MR) is 123 cm³/mol. The summed E-state index contributed by atoms with van der Waals surface area (Å²) in [5.41, 5.74) is 0.311. The Morgan fingerprint density at radius 2 is 1.58 bits per heavy atom. The van der Waals surface area contributed by atoms with Crippen molar-refractivity contribution in [3.8, 4) is 0 Å². The van der Waals surface area contributed by atoms with Gasteiger partial charge in [0.2, 0.25) is 5.91 Å². The molecule has 2 fully saturated rings. The molecule has 6 nitrogen and oxygen atoms in total. The van der Waals surface area contributed by atoms with Crippen LogP contribution in [0.1, 0.15) is 12.5 Å². The molecule has 1 aromatic heterocycles. The van der Waals surface area contributed by atoms with Gasteiger partial charge in [-0.2, -0.15) is 13.2 Å². The molecular weight excluding hydrogens is 455 g/mol. The second-order valence-electron chi connectivity index (χ2n) is 8.37. The molecule has 0 aliphatic carbocycles. The average molecular weight is 482 g/mol. The summed E-state index contributed by atoms with van der Waals surface area (Å²) in [5.74, 6) is 0.460. The second kappa shape index (κ2) is 9.77. The summed E-state index contributed by atoms with van der Waals surface area (Å²) in [5, 5.41) is -0.0151. The van der Waals surface area contributed by atoms with E-state index in [1.54, 1.807) is 0 Å². The van der Waals surface area contributed by atoms with Crippen LogP contribution in [-0.4, -0.2) is 79.1 Å². The van der Waals surface area contributed by atoms with Crippen LogP contribution in [0.4, 0.5) is 24.7 Å². The molecule has 0 N–H and O–H groups in total. The number of alkyl halides is 3. The van der Waals surface area contributed by atoms with Crippen LogP contribution in [0.25, 0.3) is 0 Å². The molecule has 1 amide bonds. The number of aromatic nitrogens is 1. The zero-order valence-corrected chi connectivity index (χ0v) is 19.2. The molecule has 2 aliphatic heterocycles. The molecule has 0 radical (unpaired) electrons. The van der Waals surface area contributed by atoms with E-state index in [-0.39, 0.29) is 17.0 Å². The summed E-state index contributed by atoms with van der Waals surface area (Å²) in [6, 6.07) is 10.8. The lowest BCUT2D eigenvalue weighted by Gasteiger charge is -2.41. The van der Waals surface area contributed by atoms with E-state index in [0.717, 1.165) is 25.4 Å². The van der Waals surface area contributed by atoms with Gasteiger partial charge in [0.05, 0.1) is 16.6 Å². The number of nitrogens with zero attached hydrogens (tertiary/aromatic N) is 5. The van der Waals surface area contributed by atoms with E-state index in [1.165, 1.54) is 5.69 Å². The SMILES string of the molecule is CC(C(=O)N1CCN(c2ccccc2)CC1)N1CCN(c2ncc(C(F)(F)F)cc2Cl)CC1. The van der Waals surface area contributed by atoms with Crippen LogP contribution in [0.2, 0.25) is 5.02 Å². The van der Waals surface area contributed by atoms with E-state index in [9.17, 15) is 18.0 Å². The molecular formula is C23H27ClF3N5O. The number of para-hydroxylation sites is 1. The van der Waals surface area contributed by atoms with Crippen LogP contribution < -0.4 is 9.80 Å². The van der Waals surface area contributed by atoms with Crippen LogP contribution in [0.15, 0.2) is 42.6 Å². The fraction of sp³-hybridized carbons (Fsp3) is 0.478. The Kier molecular flexibility index (Phi) is 6.99. The van der Waals surface area contributed by atoms with Crippen molar-refractivity contribution < 1.29 is 18.0 Å². The normalized spacial score (nSPS) is 19.0. The van der Waals surface area contributed by atoms with E-state index in [2.05, 4.69) is 26.9 Å². The van der Waals surface area contributed by atoms with Crippen molar-refractivity contribution in [3.63, 3.8) is 0 Å². The van der Waals surface area contributed by atoms with Gasteiger partial charge in [-0.1, -0.05) is 29.8 Å². The van der Waals surface area contributed by atoms with Crippen molar-refractivity contribution in [1.82, 2.24) is 14.8 Å². The van der Waals surface area contributed by atoms with E-state index in [1.807, 2.05) is 34.9 Å². The van der Waals surface area contributed by atoms with Crippen molar-refractivity contribution in [1.29, 1.82) is 0 Å². The van der Waals surface area contributed by atoms with Gasteiger partial charge < -0.3 is 14.7 Å². The number of piperazine rings is 2. The Balaban J connectivity index is 1.30. The Labute approximate surface area is 196 Å². The smallest absolute Gasteiger partial charge is 0.368 e. The minimum absolute atomic E-state index is 0.0151. The highest BCUT2D eigenvalue weighted by atomic mass is 35.5. The third kappa shape index (κ3) is 5.35. The molecule has 3 heterocycles. The summed E-state index contributed by atoms with van der Waals surface area (Å²) in [4.78, 5) is 25.2. The number of hydrogen-bond donors (Lipinski definition) is 0. The number of carbonyl (C=O) groups excluding carboxylic acids is 1. The van der Waals surface area contributed by atoms with Crippen LogP contribution in [0.5, 0.6) is 0 Å². The highest BCUT2D eigenvalue weighted by Crippen LogP contribution is 2.33. The third-order valence-corrected chi connectivity index (χ3v) is 6.66. The fourth-order valence-electron chi connectivity index (χ4n) is 4.38. The first kappa shape index (κ1) is 23.6. The number of pyridine rings is 1. The highest BCUT2D eigenvalue weighted by molar-refractivity contribution is 6.33. The van der Waals surface area contributed by atoms with Crippen molar-refractivity contribution in [3.05, 3.63) is 53.2 Å². The van der Waals surface area contributed by atoms with Gasteiger partial charge in [0.15, 0.2) is 0 Å². The number of halogens is 4. The number of carbonyl (C=O) groups is 1. The lowest BCUT2D eigenvalue weighted by Crippen LogP contribution is -2.57. The van der Waals surface area contributed by atoms with Crippen molar-refractivity contribution in [2.75, 3.05) is 62.2 Å². The molecule has 2 aliphatic rings. The first-order valence-electron chi connectivity index (χ1n) is 11.0. The predicted octanol–water partition coefficient (Wildman–Crippen LogP) is 3.61. The van der Waals surface area contributed by atoms with Gasteiger partial charge in [-0.3, -0.25) is 9.69 Å². The quantitative estimate of drug-likeness (QED) is 0.667. The minimum Gasteiger partial charge on any atom is -0.368 e. The van der Waals surface area contributed by atoms with Gasteiger partial charge in [-0.15, -0.1) is 0 Å². The monoisotopic (exact) mass is 481 g/mol. The van der Waals surface area contributed by atoms with E-state index >= 15 is 0 Å². The molecule has 4 rings (SSSR count). The van der Waals surface area contributed by atoms with Gasteiger partial charge in [-0.05, 0) is 25.1 Å². The average Bonchev–Trinajstić information content (AvgIpc) is 2.83. The number of rotatable bonds is 4. The third-order valence-electron chi connectivity index (χ3n) is 6.38. The van der Waals surface area contributed by atoms with Crippen molar-refractivity contribution in [2.24, 2.45) is 0 Å². The summed E-state index contributed by atoms with van der Waals surface area (Å²) in [6.45, 7) is 7.18. The van der Waals surface area contributed by atoms with Gasteiger partial charge >= 0.3 is 6.18 Å². The Morgan fingerprint density at radius 1 is 0.970 bits per heavy atom. The molecule has 1 aromatic carbocycles. The molecule has 1 unspecified atom stereocenters. The lowest BCUT2D eigenvalue weighted by molar-refractivity contribution is -0.138. The number of amides is 1. The zero-order chi connectivity index (χ0) is 23.6. The highest BCUT2D eigenvalue weighted by Gasteiger charge is 2.34. The summed E-state index contributed by atoms with van der Waals surface area (Å²) in [6.07, 6.45) is -3.66. The first-order chi connectivity index (χ1) is 15.7. The van der Waals surface area contributed by atoms with E-state index in [0.29, 0.717) is 45.1 Å². The van der Waals surface area contributed by atoms with Crippen LogP contribution in [0.3, 0.4) is 0 Å². The molecule has 2 saturated heterocycles. The van der Waals surface area contributed by atoms with Crippen LogP contribution in [-0.2, 0) is 11.0 Å². The van der Waals surface area contributed by atoms with Gasteiger partial charge in [-0.25, -0.2) is 4.98 Å². The topological polar surface area (TPSA) is 42.9 Å². The first-order valence-corrected chi connectivity index (χ1v) is 11.4. The maximum atomic E-state index is 13.1. The van der Waals surface area contributed by atoms with Gasteiger partial charge in [0.1, 0.15) is 5.82 Å². The van der Waals surface area contributed by atoms with Gasteiger partial charge in [0, 0.05) is 64.2 Å². The van der Waals surface area contributed by atoms with Gasteiger partial charge in [0.25, 0.3) is 0 Å². The summed E-state index contributed by atoms with van der Waals surface area (Å²) >= 11 is 6.09. The van der Waals surface area contributed by atoms with E-state index in [4.69, 9.17) is 11.6 Å². The second-order valence-corrected chi connectivity index (χ2v) is 8.78. The maximum absolute atomic E-state index is 13.1. The minimum atomic E-state index is -4.48. The number of anilines is 2. The molecule has 33 heavy (non-hydrogen) atoms. The molecule has 178 valence electrons. The molecule has 0 saturated carbocycles. The maximum Gasteiger partial charge on any atom is 0.417 e. The molecule has 1 atom stereocenters. The van der Waals surface area contributed by atoms with Crippen LogP contribution >= 0.6 is 11.6 Å². The lowest BCUT2D eigenvalue weighted by atomic mass is 10.1. The Bertz CT molecular complexity index is 958. The zero-order valence-electron chi connectivity index (χ0n) is 18.4. The van der Waals surface area contributed by atoms with Crippen LogP contribution in [0, 0.1) is 0 Å². The Hall–Kier alpha value is -2.52. The Morgan fingerprint density at radius 3 is 2.15 bits per heavy atom. The molecule has 10 heteroatoms. The number of benzene rings is 1. The molecule has 0 bridgehead atoms. The van der Waals surface area contributed by atoms with E-state index < -0.39 is 11.7 Å². The standard InChI is InChI=1S/C23H27ClF3N5O/c1-17(22(33)32-13-9-30(10-14-32)19-5-3-2-4-6-19)29-7-11-31(12-8-29)21-20(24)15-18(16-28-21)23(25,26)27/h2-6,15-17H,7-14H2,1H3. The fourth-order valence-corrected chi connectivity index (χ4v) is 4.67. The molecule has 2 aromatic rings. The van der Waals surface area contributed by atoms with Crippen molar-refractivity contribution >= 4 is 29.0 Å². The van der Waals surface area contributed by atoms with Crippen molar-refractivity contribution in [2.45, 2.75) is 19.1 Å². The molecule has 0 spiro atoms. The summed E-state index contributed by atoms with van der Waals surface area (Å²) < 4.78 is 38.6. The number of hydrogen-bond acceptors (Lipinski definition) is 5.